The predicted molar refractivity (Wildman–Crippen MR) is 80.3 cm³/mol. The highest BCUT2D eigenvalue weighted by Gasteiger charge is 2.15. The van der Waals surface area contributed by atoms with Gasteiger partial charge in [0.25, 0.3) is 0 Å². The van der Waals surface area contributed by atoms with E-state index in [0.717, 1.165) is 48.2 Å². The van der Waals surface area contributed by atoms with Gasteiger partial charge in [0.2, 0.25) is 5.91 Å². The Morgan fingerprint density at radius 2 is 2.16 bits per heavy atom. The monoisotopic (exact) mass is 325 g/mol. The maximum Gasteiger partial charge on any atom is 0.224 e. The summed E-state index contributed by atoms with van der Waals surface area (Å²) >= 11 is 3.45. The highest BCUT2D eigenvalue weighted by atomic mass is 79.9. The third-order valence-corrected chi connectivity index (χ3v) is 4.45. The molecule has 4 heteroatoms. The number of ether oxygens (including phenoxy) is 1. The lowest BCUT2D eigenvalue weighted by molar-refractivity contribution is -0.116. The zero-order valence-electron chi connectivity index (χ0n) is 11.2. The highest BCUT2D eigenvalue weighted by Crippen LogP contribution is 2.22. The summed E-state index contributed by atoms with van der Waals surface area (Å²) in [7, 11) is 0. The molecule has 104 valence electrons. The first-order valence-electron chi connectivity index (χ1n) is 6.79. The molecule has 0 bridgehead atoms. The zero-order chi connectivity index (χ0) is 13.7. The van der Waals surface area contributed by atoms with Crippen molar-refractivity contribution in [1.82, 2.24) is 0 Å². The van der Waals surface area contributed by atoms with Gasteiger partial charge in [-0.25, -0.2) is 0 Å². The van der Waals surface area contributed by atoms with Crippen LogP contribution in [0.25, 0.3) is 0 Å². The average Bonchev–Trinajstić information content (AvgIpc) is 2.42. The fourth-order valence-electron chi connectivity index (χ4n) is 2.32. The molecule has 0 unspecified atom stereocenters. The number of hydrogen-bond acceptors (Lipinski definition) is 2. The van der Waals surface area contributed by atoms with E-state index in [0.29, 0.717) is 12.3 Å². The van der Waals surface area contributed by atoms with Crippen LogP contribution in [-0.2, 0) is 9.53 Å². The minimum Gasteiger partial charge on any atom is -0.381 e. The van der Waals surface area contributed by atoms with Gasteiger partial charge < -0.3 is 10.1 Å². The number of carbonyl (C=O) groups excluding carboxylic acids is 1. The summed E-state index contributed by atoms with van der Waals surface area (Å²) in [5.41, 5.74) is 2.00. The molecule has 1 N–H and O–H groups in total. The van der Waals surface area contributed by atoms with Gasteiger partial charge in [0, 0.05) is 29.8 Å². The average molecular weight is 326 g/mol. The molecule has 1 saturated heterocycles. The van der Waals surface area contributed by atoms with Crippen LogP contribution in [0.1, 0.15) is 31.2 Å². The molecule has 3 nitrogen and oxygen atoms in total. The molecular weight excluding hydrogens is 306 g/mol. The first-order chi connectivity index (χ1) is 9.15. The van der Waals surface area contributed by atoms with E-state index in [1.807, 2.05) is 25.1 Å². The summed E-state index contributed by atoms with van der Waals surface area (Å²) < 4.78 is 6.38. The quantitative estimate of drug-likeness (QED) is 0.911. The van der Waals surface area contributed by atoms with Gasteiger partial charge in [-0.2, -0.15) is 0 Å². The first kappa shape index (κ1) is 14.5. The lowest BCUT2D eigenvalue weighted by Crippen LogP contribution is -2.18. The Morgan fingerprint density at radius 1 is 1.42 bits per heavy atom. The Balaban J connectivity index is 1.78. The largest absolute Gasteiger partial charge is 0.381 e. The van der Waals surface area contributed by atoms with Gasteiger partial charge in [0.15, 0.2) is 0 Å². The minimum absolute atomic E-state index is 0.105. The molecule has 0 aliphatic carbocycles. The second-order valence-electron chi connectivity index (χ2n) is 5.11. The lowest BCUT2D eigenvalue weighted by atomic mass is 9.95. The molecule has 0 radical (unpaired) electrons. The summed E-state index contributed by atoms with van der Waals surface area (Å²) in [6, 6.07) is 5.86. The number of aryl methyl sites for hydroxylation is 1. The Hall–Kier alpha value is -0.870. The number of amides is 1. The number of carbonyl (C=O) groups is 1. The molecule has 1 fully saturated rings. The van der Waals surface area contributed by atoms with Crippen LogP contribution in [0.4, 0.5) is 5.69 Å². The van der Waals surface area contributed by atoms with Crippen LogP contribution < -0.4 is 5.32 Å². The van der Waals surface area contributed by atoms with Crippen LogP contribution in [0.3, 0.4) is 0 Å². The van der Waals surface area contributed by atoms with Gasteiger partial charge >= 0.3 is 0 Å². The van der Waals surface area contributed by atoms with Crippen molar-refractivity contribution in [1.29, 1.82) is 0 Å². The molecule has 1 aliphatic heterocycles. The van der Waals surface area contributed by atoms with Crippen LogP contribution in [0.5, 0.6) is 0 Å². The summed E-state index contributed by atoms with van der Waals surface area (Å²) in [5.74, 6) is 0.749. The molecule has 0 spiro atoms. The molecule has 1 aromatic rings. The van der Waals surface area contributed by atoms with Gasteiger partial charge in [0.05, 0.1) is 0 Å². The molecule has 19 heavy (non-hydrogen) atoms. The number of nitrogens with one attached hydrogen (secondary N) is 1. The molecule has 1 aliphatic rings. The first-order valence-corrected chi connectivity index (χ1v) is 7.58. The van der Waals surface area contributed by atoms with Gasteiger partial charge in [-0.15, -0.1) is 0 Å². The highest BCUT2D eigenvalue weighted by molar-refractivity contribution is 9.10. The Labute approximate surface area is 122 Å². The van der Waals surface area contributed by atoms with Gasteiger partial charge in [-0.3, -0.25) is 4.79 Å². The van der Waals surface area contributed by atoms with Crippen molar-refractivity contribution in [2.45, 2.75) is 32.6 Å². The summed E-state index contributed by atoms with van der Waals surface area (Å²) in [4.78, 5) is 11.9. The van der Waals surface area contributed by atoms with Gasteiger partial charge in [-0.1, -0.05) is 15.9 Å². The van der Waals surface area contributed by atoms with E-state index < -0.39 is 0 Å². The number of hydrogen-bond donors (Lipinski definition) is 1. The van der Waals surface area contributed by atoms with Crippen LogP contribution in [-0.4, -0.2) is 19.1 Å². The molecule has 1 heterocycles. The standard InChI is InChI=1S/C15H20BrNO2/c1-11-10-13(3-4-14(11)16)17-15(18)5-2-12-6-8-19-9-7-12/h3-4,10,12H,2,5-9H2,1H3,(H,17,18). The van der Waals surface area contributed by atoms with Crippen molar-refractivity contribution in [2.24, 2.45) is 5.92 Å². The van der Waals surface area contributed by atoms with Crippen LogP contribution in [0, 0.1) is 12.8 Å². The number of benzene rings is 1. The fourth-order valence-corrected chi connectivity index (χ4v) is 2.56. The summed E-state index contributed by atoms with van der Waals surface area (Å²) in [5, 5.41) is 2.96. The Morgan fingerprint density at radius 3 is 2.84 bits per heavy atom. The number of rotatable bonds is 4. The second-order valence-corrected chi connectivity index (χ2v) is 5.96. The van der Waals surface area contributed by atoms with E-state index in [-0.39, 0.29) is 5.91 Å². The van der Waals surface area contributed by atoms with Crippen molar-refractivity contribution < 1.29 is 9.53 Å². The maximum atomic E-state index is 11.9. The predicted octanol–water partition coefficient (Wildman–Crippen LogP) is 3.90. The molecule has 0 saturated carbocycles. The third kappa shape index (κ3) is 4.62. The zero-order valence-corrected chi connectivity index (χ0v) is 12.8. The van der Waals surface area contributed by atoms with Gasteiger partial charge in [-0.05, 0) is 55.9 Å². The fraction of sp³-hybridized carbons (Fsp3) is 0.533. The SMILES string of the molecule is Cc1cc(NC(=O)CCC2CCOCC2)ccc1Br. The van der Waals surface area contributed by atoms with E-state index in [2.05, 4.69) is 21.2 Å². The van der Waals surface area contributed by atoms with Gasteiger partial charge in [0.1, 0.15) is 0 Å². The Kier molecular flexibility index (Phi) is 5.40. The van der Waals surface area contributed by atoms with Crippen molar-refractivity contribution in [3.63, 3.8) is 0 Å². The Bertz CT molecular complexity index is 442. The molecule has 1 amide bonds. The van der Waals surface area contributed by atoms with Crippen molar-refractivity contribution in [3.8, 4) is 0 Å². The van der Waals surface area contributed by atoms with E-state index in [1.54, 1.807) is 0 Å². The molecule has 1 aromatic carbocycles. The minimum atomic E-state index is 0.105. The second kappa shape index (κ2) is 7.06. The van der Waals surface area contributed by atoms with E-state index in [1.165, 1.54) is 0 Å². The van der Waals surface area contributed by atoms with E-state index >= 15 is 0 Å². The number of halogens is 1. The third-order valence-electron chi connectivity index (χ3n) is 3.56. The van der Waals surface area contributed by atoms with Crippen molar-refractivity contribution in [2.75, 3.05) is 18.5 Å². The van der Waals surface area contributed by atoms with E-state index in [4.69, 9.17) is 4.74 Å². The summed E-state index contributed by atoms with van der Waals surface area (Å²) in [6.07, 6.45) is 3.74. The molecular formula is C15H20BrNO2. The smallest absolute Gasteiger partial charge is 0.224 e. The normalized spacial score (nSPS) is 16.3. The van der Waals surface area contributed by atoms with E-state index in [9.17, 15) is 4.79 Å². The van der Waals surface area contributed by atoms with Crippen LogP contribution in [0.2, 0.25) is 0 Å². The van der Waals surface area contributed by atoms with Crippen molar-refractivity contribution >= 4 is 27.5 Å². The topological polar surface area (TPSA) is 38.3 Å². The van der Waals surface area contributed by atoms with Crippen LogP contribution >= 0.6 is 15.9 Å². The molecule has 2 rings (SSSR count). The van der Waals surface area contributed by atoms with Crippen molar-refractivity contribution in [3.05, 3.63) is 28.2 Å². The molecule has 0 atom stereocenters. The number of anilines is 1. The summed E-state index contributed by atoms with van der Waals surface area (Å²) in [6.45, 7) is 3.71. The lowest BCUT2D eigenvalue weighted by Gasteiger charge is -2.21. The van der Waals surface area contributed by atoms with Crippen LogP contribution in [0.15, 0.2) is 22.7 Å². The molecule has 0 aromatic heterocycles. The maximum absolute atomic E-state index is 11.9.